The highest BCUT2D eigenvalue weighted by Crippen LogP contribution is 2.26. The van der Waals surface area contributed by atoms with Crippen molar-refractivity contribution in [2.75, 3.05) is 11.9 Å². The average Bonchev–Trinajstić information content (AvgIpc) is 3.56. The molecule has 0 saturated heterocycles. The van der Waals surface area contributed by atoms with E-state index in [1.807, 2.05) is 29.8 Å². The van der Waals surface area contributed by atoms with Gasteiger partial charge in [0.1, 0.15) is 0 Å². The predicted molar refractivity (Wildman–Crippen MR) is 126 cm³/mol. The van der Waals surface area contributed by atoms with Crippen molar-refractivity contribution in [2.24, 2.45) is 0 Å². The highest BCUT2D eigenvalue weighted by Gasteiger charge is 2.21. The Morgan fingerprint density at radius 1 is 1.12 bits per heavy atom. The van der Waals surface area contributed by atoms with Gasteiger partial charge in [-0.25, -0.2) is 0 Å². The lowest BCUT2D eigenvalue weighted by molar-refractivity contribution is 0.0728. The molecule has 0 radical (unpaired) electrons. The summed E-state index contributed by atoms with van der Waals surface area (Å²) in [7, 11) is 0. The molecule has 10 heteroatoms. The van der Waals surface area contributed by atoms with Gasteiger partial charge in [0.2, 0.25) is 5.89 Å². The Morgan fingerprint density at radius 3 is 2.66 bits per heavy atom. The van der Waals surface area contributed by atoms with Crippen LogP contribution in [0.2, 0.25) is 5.02 Å². The first-order valence-corrected chi connectivity index (χ1v) is 12.0. The van der Waals surface area contributed by atoms with Crippen LogP contribution in [-0.4, -0.2) is 33.5 Å². The number of nitrogens with one attached hydrogen (secondary N) is 1. The first-order chi connectivity index (χ1) is 15.5. The topological polar surface area (TPSA) is 88.3 Å². The number of carbonyl (C=O) groups excluding carboxylic acids is 2. The number of benzene rings is 1. The molecule has 7 nitrogen and oxygen atoms in total. The van der Waals surface area contributed by atoms with Crippen molar-refractivity contribution >= 4 is 51.8 Å². The maximum Gasteiger partial charge on any atom is 0.265 e. The molecule has 0 atom stereocenters. The van der Waals surface area contributed by atoms with E-state index in [0.717, 1.165) is 11.3 Å². The first-order valence-electron chi connectivity index (χ1n) is 9.85. The van der Waals surface area contributed by atoms with Gasteiger partial charge in [0, 0.05) is 12.1 Å². The molecule has 164 valence electrons. The summed E-state index contributed by atoms with van der Waals surface area (Å²) in [5.74, 6) is 0.300. The molecule has 3 heterocycles. The van der Waals surface area contributed by atoms with Crippen LogP contribution in [0, 0.1) is 0 Å². The van der Waals surface area contributed by atoms with Crippen LogP contribution in [-0.2, 0) is 6.54 Å². The molecule has 0 fully saturated rings. The van der Waals surface area contributed by atoms with E-state index in [1.165, 1.54) is 22.7 Å². The van der Waals surface area contributed by atoms with Crippen LogP contribution >= 0.6 is 34.3 Å². The third-order valence-corrected chi connectivity index (χ3v) is 6.57. The summed E-state index contributed by atoms with van der Waals surface area (Å²) in [6, 6.07) is 12.2. The molecule has 1 aromatic carbocycles. The van der Waals surface area contributed by atoms with Crippen LogP contribution in [0.15, 0.2) is 57.6 Å². The summed E-state index contributed by atoms with van der Waals surface area (Å²) in [5.41, 5.74) is 0.785. The molecule has 3 aromatic heterocycles. The van der Waals surface area contributed by atoms with Crippen LogP contribution in [0.4, 0.5) is 5.69 Å². The zero-order valence-electron chi connectivity index (χ0n) is 17.1. The lowest BCUT2D eigenvalue weighted by atomic mass is 10.1. The van der Waals surface area contributed by atoms with E-state index in [2.05, 4.69) is 15.5 Å². The smallest absolute Gasteiger partial charge is 0.265 e. The molecule has 4 rings (SSSR count). The number of nitrogens with zero attached hydrogens (tertiary/aromatic N) is 3. The molecular weight excluding hydrogens is 468 g/mol. The lowest BCUT2D eigenvalue weighted by Gasteiger charge is -2.21. The SMILES string of the molecule is CCCN(Cc1nnc(-c2cccs2)o1)C(=O)c1ccc(Cl)c(NC(=O)c2cccs2)c1. The third-order valence-electron chi connectivity index (χ3n) is 4.51. The van der Waals surface area contributed by atoms with Crippen molar-refractivity contribution < 1.29 is 14.0 Å². The molecular formula is C22H19ClN4O3S2. The number of aromatic nitrogens is 2. The van der Waals surface area contributed by atoms with Gasteiger partial charge in [-0.15, -0.1) is 32.9 Å². The maximum absolute atomic E-state index is 13.2. The Balaban J connectivity index is 1.52. The molecule has 0 saturated carbocycles. The maximum atomic E-state index is 13.2. The zero-order valence-corrected chi connectivity index (χ0v) is 19.5. The Morgan fingerprint density at radius 2 is 1.94 bits per heavy atom. The minimum atomic E-state index is -0.274. The van der Waals surface area contributed by atoms with E-state index < -0.39 is 0 Å². The van der Waals surface area contributed by atoms with E-state index >= 15 is 0 Å². The van der Waals surface area contributed by atoms with Gasteiger partial charge in [0.05, 0.1) is 27.0 Å². The standard InChI is InChI=1S/C22H19ClN4O3S2/c1-2-9-27(13-19-25-26-21(30-19)18-6-4-11-32-18)22(29)14-7-8-15(23)16(12-14)24-20(28)17-5-3-10-31-17/h3-8,10-12H,2,9,13H2,1H3,(H,24,28). The minimum absolute atomic E-state index is 0.185. The van der Waals surface area contributed by atoms with Crippen LogP contribution in [0.3, 0.4) is 0 Å². The second-order valence-corrected chi connectivity index (χ2v) is 9.13. The predicted octanol–water partition coefficient (Wildman–Crippen LogP) is 5.82. The largest absolute Gasteiger partial charge is 0.418 e. The fourth-order valence-corrected chi connectivity index (χ4v) is 4.46. The molecule has 2 amide bonds. The Kier molecular flexibility index (Phi) is 6.99. The fraction of sp³-hybridized carbons (Fsp3) is 0.182. The number of rotatable bonds is 8. The third kappa shape index (κ3) is 5.07. The summed E-state index contributed by atoms with van der Waals surface area (Å²) < 4.78 is 5.75. The van der Waals surface area contributed by atoms with Crippen LogP contribution < -0.4 is 5.32 Å². The molecule has 0 spiro atoms. The fourth-order valence-electron chi connectivity index (χ4n) is 3.03. The summed E-state index contributed by atoms with van der Waals surface area (Å²) in [5, 5.41) is 15.0. The van der Waals surface area contributed by atoms with Gasteiger partial charge in [0.15, 0.2) is 0 Å². The number of amides is 2. The number of carbonyl (C=O) groups is 2. The van der Waals surface area contributed by atoms with E-state index in [4.69, 9.17) is 16.0 Å². The second-order valence-electron chi connectivity index (χ2n) is 6.83. The molecule has 0 aliphatic rings. The molecule has 0 aliphatic heterocycles. The summed E-state index contributed by atoms with van der Waals surface area (Å²) in [4.78, 5) is 28.7. The van der Waals surface area contributed by atoms with E-state index in [9.17, 15) is 9.59 Å². The van der Waals surface area contributed by atoms with E-state index in [0.29, 0.717) is 39.5 Å². The molecule has 4 aromatic rings. The highest BCUT2D eigenvalue weighted by molar-refractivity contribution is 7.13. The van der Waals surface area contributed by atoms with Gasteiger partial charge in [-0.2, -0.15) is 0 Å². The van der Waals surface area contributed by atoms with Gasteiger partial charge >= 0.3 is 0 Å². The highest BCUT2D eigenvalue weighted by atomic mass is 35.5. The normalized spacial score (nSPS) is 10.8. The summed E-state index contributed by atoms with van der Waals surface area (Å²) in [6.45, 7) is 2.68. The van der Waals surface area contributed by atoms with Crippen molar-refractivity contribution in [3.05, 3.63) is 74.6 Å². The summed E-state index contributed by atoms with van der Waals surface area (Å²) >= 11 is 9.09. The van der Waals surface area contributed by atoms with Gasteiger partial charge < -0.3 is 14.6 Å². The minimum Gasteiger partial charge on any atom is -0.418 e. The van der Waals surface area contributed by atoms with Crippen molar-refractivity contribution in [1.82, 2.24) is 15.1 Å². The molecule has 1 N–H and O–H groups in total. The van der Waals surface area contributed by atoms with Gasteiger partial charge in [0.25, 0.3) is 17.7 Å². The average molecular weight is 487 g/mol. The monoisotopic (exact) mass is 486 g/mol. The molecule has 0 bridgehead atoms. The second kappa shape index (κ2) is 10.1. The quantitative estimate of drug-likeness (QED) is 0.339. The van der Waals surface area contributed by atoms with Gasteiger partial charge in [-0.05, 0) is 47.5 Å². The molecule has 32 heavy (non-hydrogen) atoms. The lowest BCUT2D eigenvalue weighted by Crippen LogP contribution is -2.31. The Bertz CT molecular complexity index is 1210. The van der Waals surface area contributed by atoms with Gasteiger partial charge in [-0.1, -0.05) is 30.7 Å². The summed E-state index contributed by atoms with van der Waals surface area (Å²) in [6.07, 6.45) is 0.757. The number of thiophene rings is 2. The van der Waals surface area contributed by atoms with Crippen molar-refractivity contribution in [3.63, 3.8) is 0 Å². The first kappa shape index (κ1) is 22.2. The van der Waals surface area contributed by atoms with Crippen LogP contribution in [0.1, 0.15) is 39.3 Å². The number of hydrogen-bond acceptors (Lipinski definition) is 7. The Hall–Kier alpha value is -3.01. The van der Waals surface area contributed by atoms with Crippen LogP contribution in [0.25, 0.3) is 10.8 Å². The van der Waals surface area contributed by atoms with Crippen molar-refractivity contribution in [3.8, 4) is 10.8 Å². The molecule has 0 unspecified atom stereocenters. The van der Waals surface area contributed by atoms with Crippen molar-refractivity contribution in [2.45, 2.75) is 19.9 Å². The number of hydrogen-bond donors (Lipinski definition) is 1. The van der Waals surface area contributed by atoms with Crippen LogP contribution in [0.5, 0.6) is 0 Å². The molecule has 0 aliphatic carbocycles. The number of anilines is 1. The zero-order chi connectivity index (χ0) is 22.5. The van der Waals surface area contributed by atoms with E-state index in [-0.39, 0.29) is 18.4 Å². The van der Waals surface area contributed by atoms with Crippen molar-refractivity contribution in [1.29, 1.82) is 0 Å². The van der Waals surface area contributed by atoms with E-state index in [1.54, 1.807) is 35.2 Å². The number of halogens is 1. The van der Waals surface area contributed by atoms with Gasteiger partial charge in [-0.3, -0.25) is 9.59 Å². The Labute approximate surface area is 197 Å².